The first-order chi connectivity index (χ1) is 9.41. The van der Waals surface area contributed by atoms with E-state index in [0.717, 1.165) is 4.31 Å². The Kier molecular flexibility index (Phi) is 4.06. The van der Waals surface area contributed by atoms with Crippen molar-refractivity contribution in [2.24, 2.45) is 0 Å². The van der Waals surface area contributed by atoms with Crippen LogP contribution >= 0.6 is 0 Å². The van der Waals surface area contributed by atoms with Crippen LogP contribution in [0.5, 0.6) is 5.75 Å². The molecular weight excluding hydrogens is 281 g/mol. The van der Waals surface area contributed by atoms with Crippen LogP contribution in [0.25, 0.3) is 0 Å². The Labute approximate surface area is 117 Å². The van der Waals surface area contributed by atoms with Crippen LogP contribution in [0.3, 0.4) is 0 Å². The van der Waals surface area contributed by atoms with Gasteiger partial charge in [-0.05, 0) is 30.3 Å². The Balaban J connectivity index is 2.26. The third-order valence-electron chi connectivity index (χ3n) is 2.90. The van der Waals surface area contributed by atoms with Crippen molar-refractivity contribution < 1.29 is 17.9 Å². The molecule has 0 saturated carbocycles. The minimum Gasteiger partial charge on any atom is -0.508 e. The summed E-state index contributed by atoms with van der Waals surface area (Å²) in [6.45, 7) is -0.0596. The van der Waals surface area contributed by atoms with Crippen LogP contribution in [0.15, 0.2) is 53.4 Å². The van der Waals surface area contributed by atoms with Crippen molar-refractivity contribution in [1.82, 2.24) is 4.31 Å². The van der Waals surface area contributed by atoms with Gasteiger partial charge in [-0.1, -0.05) is 18.2 Å². The van der Waals surface area contributed by atoms with Crippen LogP contribution in [0.2, 0.25) is 0 Å². The van der Waals surface area contributed by atoms with Crippen molar-refractivity contribution in [3.05, 3.63) is 59.9 Å². The Morgan fingerprint density at radius 1 is 1.10 bits per heavy atom. The molecule has 2 aromatic carbocycles. The molecule has 20 heavy (non-hydrogen) atoms. The van der Waals surface area contributed by atoms with Gasteiger partial charge in [0.2, 0.25) is 10.0 Å². The zero-order valence-electron chi connectivity index (χ0n) is 10.8. The molecule has 106 valence electrons. The third kappa shape index (κ3) is 2.97. The second-order valence-electron chi connectivity index (χ2n) is 4.35. The predicted octanol–water partition coefficient (Wildman–Crippen LogP) is 2.35. The molecule has 0 amide bonds. The molecule has 0 unspecified atom stereocenters. The quantitative estimate of drug-likeness (QED) is 0.942. The zero-order valence-corrected chi connectivity index (χ0v) is 11.6. The topological polar surface area (TPSA) is 57.6 Å². The summed E-state index contributed by atoms with van der Waals surface area (Å²) in [4.78, 5) is 0.0501. The normalized spacial score (nSPS) is 11.8. The average Bonchev–Trinajstić information content (AvgIpc) is 2.41. The van der Waals surface area contributed by atoms with Gasteiger partial charge in [0.15, 0.2) is 0 Å². The van der Waals surface area contributed by atoms with E-state index < -0.39 is 15.8 Å². The molecule has 0 fully saturated rings. The van der Waals surface area contributed by atoms with Crippen LogP contribution in [0, 0.1) is 5.82 Å². The van der Waals surface area contributed by atoms with Crippen molar-refractivity contribution in [3.8, 4) is 5.75 Å². The lowest BCUT2D eigenvalue weighted by Gasteiger charge is -2.17. The molecule has 1 N–H and O–H groups in total. The van der Waals surface area contributed by atoms with Gasteiger partial charge in [0.05, 0.1) is 4.90 Å². The van der Waals surface area contributed by atoms with Crippen molar-refractivity contribution in [2.75, 3.05) is 7.05 Å². The highest BCUT2D eigenvalue weighted by Crippen LogP contribution is 2.20. The maximum absolute atomic E-state index is 13.5. The van der Waals surface area contributed by atoms with Gasteiger partial charge in [0, 0.05) is 19.2 Å². The number of phenolic OH excluding ortho intramolecular Hbond substituents is 1. The monoisotopic (exact) mass is 295 g/mol. The van der Waals surface area contributed by atoms with E-state index >= 15 is 0 Å². The predicted molar refractivity (Wildman–Crippen MR) is 73.2 cm³/mol. The standard InChI is InChI=1S/C14H14FNO3S/c1-16(10-11-4-2-3-5-14(11)15)20(18,19)13-8-6-12(17)7-9-13/h2-9,17H,10H2,1H3. The SMILES string of the molecule is CN(Cc1ccccc1F)S(=O)(=O)c1ccc(O)cc1. The highest BCUT2D eigenvalue weighted by molar-refractivity contribution is 7.89. The molecule has 0 radical (unpaired) electrons. The number of phenols is 1. The first kappa shape index (κ1) is 14.5. The smallest absolute Gasteiger partial charge is 0.243 e. The van der Waals surface area contributed by atoms with E-state index in [0.29, 0.717) is 5.56 Å². The molecule has 0 aliphatic carbocycles. The van der Waals surface area contributed by atoms with Crippen molar-refractivity contribution in [2.45, 2.75) is 11.4 Å². The Morgan fingerprint density at radius 3 is 2.30 bits per heavy atom. The summed E-state index contributed by atoms with van der Waals surface area (Å²) >= 11 is 0. The van der Waals surface area contributed by atoms with Crippen molar-refractivity contribution >= 4 is 10.0 Å². The molecule has 0 spiro atoms. The molecule has 0 aliphatic heterocycles. The van der Waals surface area contributed by atoms with E-state index in [4.69, 9.17) is 0 Å². The second kappa shape index (κ2) is 5.60. The number of hydrogen-bond acceptors (Lipinski definition) is 3. The fourth-order valence-corrected chi connectivity index (χ4v) is 2.90. The van der Waals surface area contributed by atoms with Crippen LogP contribution in [0.1, 0.15) is 5.56 Å². The lowest BCUT2D eigenvalue weighted by Crippen LogP contribution is -2.26. The summed E-state index contributed by atoms with van der Waals surface area (Å²) in [6, 6.07) is 11.2. The highest BCUT2D eigenvalue weighted by Gasteiger charge is 2.21. The van der Waals surface area contributed by atoms with Gasteiger partial charge in [-0.2, -0.15) is 4.31 Å². The van der Waals surface area contributed by atoms with Crippen LogP contribution < -0.4 is 0 Å². The van der Waals surface area contributed by atoms with Gasteiger partial charge in [-0.3, -0.25) is 0 Å². The van der Waals surface area contributed by atoms with E-state index in [2.05, 4.69) is 0 Å². The van der Waals surface area contributed by atoms with Crippen molar-refractivity contribution in [1.29, 1.82) is 0 Å². The van der Waals surface area contributed by atoms with Gasteiger partial charge in [-0.15, -0.1) is 0 Å². The van der Waals surface area contributed by atoms with Gasteiger partial charge in [0.25, 0.3) is 0 Å². The fraction of sp³-hybridized carbons (Fsp3) is 0.143. The van der Waals surface area contributed by atoms with Crippen LogP contribution in [-0.2, 0) is 16.6 Å². The Morgan fingerprint density at radius 2 is 1.70 bits per heavy atom. The number of rotatable bonds is 4. The number of halogens is 1. The summed E-state index contributed by atoms with van der Waals surface area (Å²) in [6.07, 6.45) is 0. The van der Waals surface area contributed by atoms with Crippen LogP contribution in [0.4, 0.5) is 4.39 Å². The number of aromatic hydroxyl groups is 1. The molecule has 4 nitrogen and oxygen atoms in total. The van der Waals surface area contributed by atoms with Gasteiger partial charge < -0.3 is 5.11 Å². The minimum absolute atomic E-state index is 0.0132. The largest absolute Gasteiger partial charge is 0.508 e. The average molecular weight is 295 g/mol. The summed E-state index contributed by atoms with van der Waals surface area (Å²) in [5.41, 5.74) is 0.303. The van der Waals surface area contributed by atoms with E-state index in [9.17, 15) is 17.9 Å². The number of hydrogen-bond donors (Lipinski definition) is 1. The van der Waals surface area contributed by atoms with Crippen molar-refractivity contribution in [3.63, 3.8) is 0 Å². The molecule has 2 aromatic rings. The third-order valence-corrected chi connectivity index (χ3v) is 4.71. The van der Waals surface area contributed by atoms with Gasteiger partial charge in [0.1, 0.15) is 11.6 Å². The lowest BCUT2D eigenvalue weighted by atomic mass is 10.2. The zero-order chi connectivity index (χ0) is 14.8. The maximum Gasteiger partial charge on any atom is 0.243 e. The molecular formula is C14H14FNO3S. The molecule has 0 bridgehead atoms. The molecule has 0 aromatic heterocycles. The molecule has 0 heterocycles. The molecule has 0 saturated heterocycles. The molecule has 0 atom stereocenters. The summed E-state index contributed by atoms with van der Waals surface area (Å²) in [5, 5.41) is 9.17. The van der Waals surface area contributed by atoms with E-state index in [1.807, 2.05) is 0 Å². The molecule has 0 aliphatic rings. The number of nitrogens with zero attached hydrogens (tertiary/aromatic N) is 1. The Hall–Kier alpha value is -1.92. The molecule has 2 rings (SSSR count). The lowest BCUT2D eigenvalue weighted by molar-refractivity contribution is 0.455. The molecule has 6 heteroatoms. The summed E-state index contributed by atoms with van der Waals surface area (Å²) in [7, 11) is -2.33. The van der Waals surface area contributed by atoms with E-state index in [1.54, 1.807) is 12.1 Å². The number of sulfonamides is 1. The first-order valence-corrected chi connectivity index (χ1v) is 7.34. The minimum atomic E-state index is -3.72. The summed E-state index contributed by atoms with van der Waals surface area (Å²) in [5.74, 6) is -0.457. The van der Waals surface area contributed by atoms with Crippen LogP contribution in [-0.4, -0.2) is 24.9 Å². The van der Waals surface area contributed by atoms with Gasteiger partial charge >= 0.3 is 0 Å². The number of benzene rings is 2. The second-order valence-corrected chi connectivity index (χ2v) is 6.39. The maximum atomic E-state index is 13.5. The van der Waals surface area contributed by atoms with E-state index in [-0.39, 0.29) is 17.2 Å². The van der Waals surface area contributed by atoms with Gasteiger partial charge in [-0.25, -0.2) is 12.8 Å². The highest BCUT2D eigenvalue weighted by atomic mass is 32.2. The van der Waals surface area contributed by atoms with E-state index in [1.165, 1.54) is 43.4 Å². The Bertz CT molecular complexity index is 699. The first-order valence-electron chi connectivity index (χ1n) is 5.90. The summed E-state index contributed by atoms with van der Waals surface area (Å²) < 4.78 is 39.2. The fourth-order valence-electron chi connectivity index (χ4n) is 1.75.